The second-order valence-electron chi connectivity index (χ2n) is 11.9. The summed E-state index contributed by atoms with van der Waals surface area (Å²) in [7, 11) is 0. The summed E-state index contributed by atoms with van der Waals surface area (Å²) in [5.74, 6) is 0.0284. The first-order valence-corrected chi connectivity index (χ1v) is 14.2. The van der Waals surface area contributed by atoms with Crippen LogP contribution >= 0.6 is 0 Å². The smallest absolute Gasteiger partial charge is 0.255 e. The average molecular weight is 504 g/mol. The molecule has 0 radical (unpaired) electrons. The van der Waals surface area contributed by atoms with Gasteiger partial charge in [-0.15, -0.1) is 0 Å². The van der Waals surface area contributed by atoms with Gasteiger partial charge in [0.1, 0.15) is 6.04 Å². The fourth-order valence-electron chi connectivity index (χ4n) is 6.53. The standard InChI is InChI=1S/C29H37N5O3/c30-16-29(14-15-29)17-31-19-7-9-20(10-8-19)32-22-3-1-2-21-26(22)23(11-6-18-4-5-18)34(28(21)37)24-12-13-25(35)33-27(24)36/h1-3,18-20,23-24,31-32H,4-15,17H2,(H,33,35,36)/t19?,20?,23-,24-/m1/s1. The van der Waals surface area contributed by atoms with Gasteiger partial charge in [0.2, 0.25) is 11.8 Å². The van der Waals surface area contributed by atoms with Gasteiger partial charge >= 0.3 is 0 Å². The van der Waals surface area contributed by atoms with Gasteiger partial charge in [-0.25, -0.2) is 0 Å². The highest BCUT2D eigenvalue weighted by molar-refractivity contribution is 6.06. The summed E-state index contributed by atoms with van der Waals surface area (Å²) >= 11 is 0. The van der Waals surface area contributed by atoms with E-state index in [1.54, 1.807) is 4.90 Å². The predicted octanol–water partition coefficient (Wildman–Crippen LogP) is 3.80. The van der Waals surface area contributed by atoms with Gasteiger partial charge in [-0.1, -0.05) is 18.9 Å². The Kier molecular flexibility index (Phi) is 6.44. The van der Waals surface area contributed by atoms with Crippen molar-refractivity contribution in [2.24, 2.45) is 11.3 Å². The van der Waals surface area contributed by atoms with Crippen LogP contribution in [0.25, 0.3) is 0 Å². The molecule has 4 fully saturated rings. The Hall–Kier alpha value is -2.92. The van der Waals surface area contributed by atoms with Gasteiger partial charge in [0.15, 0.2) is 0 Å². The summed E-state index contributed by atoms with van der Waals surface area (Å²) in [6, 6.07) is 8.43. The third-order valence-corrected chi connectivity index (χ3v) is 9.24. The molecule has 5 aliphatic rings. The molecule has 0 unspecified atom stereocenters. The number of fused-ring (bicyclic) bond motifs is 1. The van der Waals surface area contributed by atoms with Crippen LogP contribution < -0.4 is 16.0 Å². The fourth-order valence-corrected chi connectivity index (χ4v) is 6.53. The molecule has 1 aromatic carbocycles. The quantitative estimate of drug-likeness (QED) is 0.442. The molecule has 2 heterocycles. The van der Waals surface area contributed by atoms with Crippen LogP contribution in [0, 0.1) is 22.7 Å². The summed E-state index contributed by atoms with van der Waals surface area (Å²) in [6.07, 6.45) is 11.3. The Morgan fingerprint density at radius 1 is 1.00 bits per heavy atom. The first-order valence-electron chi connectivity index (χ1n) is 14.2. The molecule has 8 heteroatoms. The zero-order valence-electron chi connectivity index (χ0n) is 21.4. The van der Waals surface area contributed by atoms with Crippen molar-refractivity contribution in [1.82, 2.24) is 15.5 Å². The van der Waals surface area contributed by atoms with E-state index < -0.39 is 6.04 Å². The third kappa shape index (κ3) is 4.98. The normalized spacial score (nSPS) is 30.5. The van der Waals surface area contributed by atoms with E-state index in [0.717, 1.165) is 75.1 Å². The van der Waals surface area contributed by atoms with Gasteiger partial charge in [0.05, 0.1) is 17.5 Å². The number of hydrogen-bond donors (Lipinski definition) is 3. The molecule has 3 amide bonds. The maximum Gasteiger partial charge on any atom is 0.255 e. The number of hydrogen-bond acceptors (Lipinski definition) is 6. The lowest BCUT2D eigenvalue weighted by Gasteiger charge is -2.35. The number of imide groups is 1. The van der Waals surface area contributed by atoms with E-state index in [1.807, 2.05) is 12.1 Å². The van der Waals surface area contributed by atoms with Crippen molar-refractivity contribution >= 4 is 23.4 Å². The van der Waals surface area contributed by atoms with Crippen molar-refractivity contribution < 1.29 is 14.4 Å². The Labute approximate surface area is 218 Å². The molecular formula is C29H37N5O3. The summed E-state index contributed by atoms with van der Waals surface area (Å²) in [5.41, 5.74) is 2.62. The minimum Gasteiger partial charge on any atom is -0.382 e. The van der Waals surface area contributed by atoms with E-state index in [2.05, 4.69) is 28.1 Å². The number of rotatable bonds is 9. The minimum atomic E-state index is -0.598. The number of benzene rings is 1. The SMILES string of the molecule is N#CC1(CNC2CCC(Nc3cccc4c3[C@@H](CCC3CC3)N([C@@H]3CCC(=O)NC3=O)C4=O)CC2)CC1. The highest BCUT2D eigenvalue weighted by atomic mass is 16.2. The van der Waals surface area contributed by atoms with Gasteiger partial charge in [-0.2, -0.15) is 5.26 Å². The van der Waals surface area contributed by atoms with Gasteiger partial charge in [-0.3, -0.25) is 19.7 Å². The molecule has 1 aromatic rings. The van der Waals surface area contributed by atoms with Crippen molar-refractivity contribution in [2.75, 3.05) is 11.9 Å². The minimum absolute atomic E-state index is 0.0895. The number of carbonyl (C=O) groups is 3. The van der Waals surface area contributed by atoms with Crippen LogP contribution in [0.15, 0.2) is 18.2 Å². The van der Waals surface area contributed by atoms with E-state index in [9.17, 15) is 19.6 Å². The molecule has 3 N–H and O–H groups in total. The Morgan fingerprint density at radius 2 is 1.76 bits per heavy atom. The lowest BCUT2D eigenvalue weighted by molar-refractivity contribution is -0.137. The second kappa shape index (κ2) is 9.75. The summed E-state index contributed by atoms with van der Waals surface area (Å²) in [6.45, 7) is 0.805. The van der Waals surface area contributed by atoms with Gasteiger partial charge in [0, 0.05) is 41.9 Å². The molecule has 2 aliphatic heterocycles. The molecule has 2 atom stereocenters. The largest absolute Gasteiger partial charge is 0.382 e. The predicted molar refractivity (Wildman–Crippen MR) is 138 cm³/mol. The van der Waals surface area contributed by atoms with E-state index in [1.165, 1.54) is 12.8 Å². The van der Waals surface area contributed by atoms with Crippen LogP contribution in [0.5, 0.6) is 0 Å². The molecule has 3 saturated carbocycles. The summed E-state index contributed by atoms with van der Waals surface area (Å²) < 4.78 is 0. The Morgan fingerprint density at radius 3 is 2.43 bits per heavy atom. The van der Waals surface area contributed by atoms with Crippen molar-refractivity contribution in [1.29, 1.82) is 5.26 Å². The highest BCUT2D eigenvalue weighted by Crippen LogP contribution is 2.47. The highest BCUT2D eigenvalue weighted by Gasteiger charge is 2.46. The van der Waals surface area contributed by atoms with Gasteiger partial charge in [-0.05, 0) is 75.8 Å². The molecular weight excluding hydrogens is 466 g/mol. The first-order chi connectivity index (χ1) is 18.0. The van der Waals surface area contributed by atoms with Gasteiger partial charge in [0.25, 0.3) is 5.91 Å². The van der Waals surface area contributed by atoms with Crippen molar-refractivity contribution in [3.05, 3.63) is 29.3 Å². The van der Waals surface area contributed by atoms with Gasteiger partial charge < -0.3 is 15.5 Å². The van der Waals surface area contributed by atoms with Crippen molar-refractivity contribution in [2.45, 2.75) is 101 Å². The fraction of sp³-hybridized carbons (Fsp3) is 0.655. The average Bonchev–Trinajstić information content (AvgIpc) is 3.83. The number of piperidine rings is 1. The van der Waals surface area contributed by atoms with Crippen LogP contribution in [-0.2, 0) is 9.59 Å². The maximum absolute atomic E-state index is 13.7. The monoisotopic (exact) mass is 503 g/mol. The molecule has 0 spiro atoms. The van der Waals surface area contributed by atoms with Crippen molar-refractivity contribution in [3.8, 4) is 6.07 Å². The summed E-state index contributed by atoms with van der Waals surface area (Å²) in [5, 5.41) is 19.2. The second-order valence-corrected chi connectivity index (χ2v) is 11.9. The van der Waals surface area contributed by atoms with E-state index >= 15 is 0 Å². The van der Waals surface area contributed by atoms with Crippen LogP contribution in [-0.4, -0.2) is 47.3 Å². The van der Waals surface area contributed by atoms with E-state index in [4.69, 9.17) is 0 Å². The van der Waals surface area contributed by atoms with Crippen LogP contribution in [0.3, 0.4) is 0 Å². The van der Waals surface area contributed by atoms with E-state index in [-0.39, 0.29) is 35.6 Å². The zero-order valence-corrected chi connectivity index (χ0v) is 21.4. The van der Waals surface area contributed by atoms with Crippen LogP contribution in [0.1, 0.15) is 99.0 Å². The molecule has 37 heavy (non-hydrogen) atoms. The molecule has 0 aromatic heterocycles. The topological polar surface area (TPSA) is 114 Å². The molecule has 3 aliphatic carbocycles. The summed E-state index contributed by atoms with van der Waals surface area (Å²) in [4.78, 5) is 40.0. The molecule has 6 rings (SSSR count). The number of anilines is 1. The van der Waals surface area contributed by atoms with Crippen molar-refractivity contribution in [3.63, 3.8) is 0 Å². The van der Waals surface area contributed by atoms with Crippen LogP contribution in [0.2, 0.25) is 0 Å². The van der Waals surface area contributed by atoms with Crippen LogP contribution in [0.4, 0.5) is 5.69 Å². The third-order valence-electron chi connectivity index (χ3n) is 9.24. The maximum atomic E-state index is 13.7. The number of nitrogens with zero attached hydrogens (tertiary/aromatic N) is 2. The number of amides is 3. The molecule has 0 bridgehead atoms. The number of nitriles is 1. The molecule has 8 nitrogen and oxygen atoms in total. The lowest BCUT2D eigenvalue weighted by Crippen LogP contribution is -2.53. The Balaban J connectivity index is 1.17. The first kappa shape index (κ1) is 24.4. The number of carbonyl (C=O) groups excluding carboxylic acids is 3. The van der Waals surface area contributed by atoms with E-state index in [0.29, 0.717) is 24.1 Å². The Bertz CT molecular complexity index is 1130. The zero-order chi connectivity index (χ0) is 25.6. The molecule has 196 valence electrons. The lowest BCUT2D eigenvalue weighted by atomic mass is 9.89. The number of nitrogens with one attached hydrogen (secondary N) is 3. The molecule has 1 saturated heterocycles.